The quantitative estimate of drug-likeness (QED) is 0.776. The molecule has 9 heteroatoms. The van der Waals surface area contributed by atoms with Crippen LogP contribution in [0.2, 0.25) is 5.02 Å². The number of rotatable bonds is 2. The number of fused-ring (bicyclic) bond motifs is 2. The fourth-order valence-electron chi connectivity index (χ4n) is 2.71. The molecule has 0 radical (unpaired) electrons. The molecule has 2 aliphatic rings. The summed E-state index contributed by atoms with van der Waals surface area (Å²) in [7, 11) is 0. The highest BCUT2D eigenvalue weighted by molar-refractivity contribution is 7.71. The largest absolute Gasteiger partial charge is 0.343 e. The van der Waals surface area contributed by atoms with E-state index >= 15 is 0 Å². The number of hydrogen-bond donors (Lipinski definition) is 0. The van der Waals surface area contributed by atoms with Crippen molar-refractivity contribution in [3.8, 4) is 5.69 Å². The number of halogens is 1. The number of ether oxygens (including phenoxy) is 2. The maximum Gasteiger partial charge on any atom is 0.221 e. The molecule has 1 aromatic carbocycles. The van der Waals surface area contributed by atoms with Gasteiger partial charge in [0.15, 0.2) is 5.78 Å². The molecule has 2 saturated heterocycles. The Kier molecular flexibility index (Phi) is 3.33. The first-order valence-electron chi connectivity index (χ1n) is 6.74. The molecule has 0 saturated carbocycles. The molecular weight excluding hydrogens is 328 g/mol. The van der Waals surface area contributed by atoms with E-state index in [0.29, 0.717) is 22.1 Å². The third kappa shape index (κ3) is 2.11. The van der Waals surface area contributed by atoms with Gasteiger partial charge in [0.05, 0.1) is 23.4 Å². The zero-order chi connectivity index (χ0) is 15.3. The van der Waals surface area contributed by atoms with Crippen molar-refractivity contribution in [2.75, 3.05) is 6.61 Å². The molecule has 0 spiro atoms. The molecule has 3 heterocycles. The number of carbonyl (C=O) groups excluding carboxylic acids is 1. The molecule has 7 nitrogen and oxygen atoms in total. The van der Waals surface area contributed by atoms with Gasteiger partial charge in [-0.15, -0.1) is 0 Å². The highest BCUT2D eigenvalue weighted by atomic mass is 35.5. The summed E-state index contributed by atoms with van der Waals surface area (Å²) in [5.41, 5.74) is 0.643. The number of benzene rings is 1. The number of Topliss-reactive ketones (excluding diaryl/α,β-unsaturated/α-hetero) is 1. The first kappa shape index (κ1) is 14.0. The predicted octanol–water partition coefficient (Wildman–Crippen LogP) is 1.71. The Hall–Kier alpha value is -1.61. The average Bonchev–Trinajstić information content (AvgIpc) is 3.10. The number of ketones is 1. The molecule has 2 bridgehead atoms. The van der Waals surface area contributed by atoms with Gasteiger partial charge in [0.2, 0.25) is 11.1 Å². The van der Waals surface area contributed by atoms with E-state index in [1.54, 1.807) is 12.1 Å². The molecule has 4 rings (SSSR count). The van der Waals surface area contributed by atoms with Crippen LogP contribution in [0.3, 0.4) is 0 Å². The lowest BCUT2D eigenvalue weighted by atomic mass is 10.0. The molecule has 1 aromatic heterocycles. The van der Waals surface area contributed by atoms with Crippen molar-refractivity contribution in [3.63, 3.8) is 0 Å². The second-order valence-corrected chi connectivity index (χ2v) is 5.92. The molecular formula is C13H11ClN4O3S. The van der Waals surface area contributed by atoms with Gasteiger partial charge in [-0.2, -0.15) is 4.68 Å². The minimum Gasteiger partial charge on any atom is -0.343 e. The summed E-state index contributed by atoms with van der Waals surface area (Å²) in [4.78, 5) is 11.9. The third-order valence-electron chi connectivity index (χ3n) is 3.81. The lowest BCUT2D eigenvalue weighted by molar-refractivity contribution is -0.156. The van der Waals surface area contributed by atoms with Crippen molar-refractivity contribution in [2.24, 2.45) is 0 Å². The Balaban J connectivity index is 1.75. The molecule has 114 valence electrons. The number of tetrazole rings is 1. The fourth-order valence-corrected chi connectivity index (χ4v) is 3.23. The van der Waals surface area contributed by atoms with Crippen LogP contribution in [0.25, 0.3) is 5.69 Å². The zero-order valence-electron chi connectivity index (χ0n) is 11.3. The highest BCUT2D eigenvalue weighted by Crippen LogP contribution is 2.32. The van der Waals surface area contributed by atoms with Crippen molar-refractivity contribution in [3.05, 3.63) is 34.1 Å². The number of nitrogens with zero attached hydrogens (tertiary/aromatic N) is 4. The van der Waals surface area contributed by atoms with E-state index in [2.05, 4.69) is 10.4 Å². The molecule has 2 aliphatic heterocycles. The summed E-state index contributed by atoms with van der Waals surface area (Å²) in [5.74, 6) is -0.104. The Morgan fingerprint density at radius 1 is 1.32 bits per heavy atom. The van der Waals surface area contributed by atoms with Crippen LogP contribution < -0.4 is 0 Å². The fraction of sp³-hybridized carbons (Fsp3) is 0.385. The lowest BCUT2D eigenvalue weighted by Crippen LogP contribution is -2.37. The molecule has 2 fully saturated rings. The summed E-state index contributed by atoms with van der Waals surface area (Å²) in [6.07, 6.45) is -0.718. The van der Waals surface area contributed by atoms with Crippen molar-refractivity contribution < 1.29 is 14.3 Å². The predicted molar refractivity (Wildman–Crippen MR) is 78.5 cm³/mol. The van der Waals surface area contributed by atoms with E-state index in [4.69, 9.17) is 33.3 Å². The number of aromatic nitrogens is 4. The van der Waals surface area contributed by atoms with Crippen LogP contribution in [0.1, 0.15) is 12.5 Å². The summed E-state index contributed by atoms with van der Waals surface area (Å²) >= 11 is 11.6. The highest BCUT2D eigenvalue weighted by Gasteiger charge is 2.45. The smallest absolute Gasteiger partial charge is 0.221 e. The summed E-state index contributed by atoms with van der Waals surface area (Å²) in [5, 5.41) is 8.67. The molecule has 22 heavy (non-hydrogen) atoms. The Labute approximate surface area is 135 Å². The van der Waals surface area contributed by atoms with Gasteiger partial charge in [-0.25, -0.2) is 4.68 Å². The van der Waals surface area contributed by atoms with E-state index in [9.17, 15) is 4.79 Å². The van der Waals surface area contributed by atoms with Crippen LogP contribution in [-0.2, 0) is 14.3 Å². The minimum atomic E-state index is -0.742. The van der Waals surface area contributed by atoms with Gasteiger partial charge in [0.25, 0.3) is 0 Å². The van der Waals surface area contributed by atoms with Crippen molar-refractivity contribution in [2.45, 2.75) is 24.9 Å². The van der Waals surface area contributed by atoms with E-state index < -0.39 is 6.29 Å². The zero-order valence-corrected chi connectivity index (χ0v) is 12.8. The second-order valence-electron chi connectivity index (χ2n) is 5.15. The van der Waals surface area contributed by atoms with Gasteiger partial charge in [-0.05, 0) is 34.8 Å². The van der Waals surface area contributed by atoms with Crippen molar-refractivity contribution >= 4 is 29.6 Å². The molecule has 3 atom stereocenters. The number of carbonyl (C=O) groups is 1. The SMILES string of the molecule is O=C1C[C@@H](n2nnn(-c3ccccc3Cl)c2=S)[C@H]2CO[C@H]1O2. The van der Waals surface area contributed by atoms with Crippen LogP contribution in [0.5, 0.6) is 0 Å². The van der Waals surface area contributed by atoms with Gasteiger partial charge in [-0.1, -0.05) is 23.7 Å². The Morgan fingerprint density at radius 3 is 2.95 bits per heavy atom. The van der Waals surface area contributed by atoms with Crippen LogP contribution >= 0.6 is 23.8 Å². The molecule has 0 amide bonds. The maximum atomic E-state index is 11.9. The topological polar surface area (TPSA) is 71.2 Å². The first-order chi connectivity index (χ1) is 10.6. The minimum absolute atomic E-state index is 0.104. The van der Waals surface area contributed by atoms with Gasteiger partial charge >= 0.3 is 0 Å². The van der Waals surface area contributed by atoms with Gasteiger partial charge in [0.1, 0.15) is 6.10 Å². The number of para-hydroxylation sites is 1. The van der Waals surface area contributed by atoms with E-state index in [-0.39, 0.29) is 24.3 Å². The third-order valence-corrected chi connectivity index (χ3v) is 4.49. The van der Waals surface area contributed by atoms with Crippen LogP contribution in [0, 0.1) is 4.77 Å². The Morgan fingerprint density at radius 2 is 2.14 bits per heavy atom. The first-order valence-corrected chi connectivity index (χ1v) is 7.53. The molecule has 0 aliphatic carbocycles. The number of hydrogen-bond acceptors (Lipinski definition) is 6. The summed E-state index contributed by atoms with van der Waals surface area (Å²) < 4.78 is 14.2. The van der Waals surface area contributed by atoms with Crippen molar-refractivity contribution in [1.82, 2.24) is 19.8 Å². The summed E-state index contributed by atoms with van der Waals surface area (Å²) in [6.45, 7) is 0.349. The Bertz CT molecular complexity index is 805. The van der Waals surface area contributed by atoms with Crippen LogP contribution in [0.4, 0.5) is 0 Å². The normalized spacial score (nSPS) is 27.3. The van der Waals surface area contributed by atoms with Gasteiger partial charge in [-0.3, -0.25) is 4.79 Å². The second kappa shape index (κ2) is 5.24. The maximum absolute atomic E-state index is 11.9. The lowest BCUT2D eigenvalue weighted by Gasteiger charge is -2.25. The molecule has 2 aromatic rings. The van der Waals surface area contributed by atoms with Crippen molar-refractivity contribution in [1.29, 1.82) is 0 Å². The monoisotopic (exact) mass is 338 g/mol. The van der Waals surface area contributed by atoms with Crippen LogP contribution in [0.15, 0.2) is 24.3 Å². The van der Waals surface area contributed by atoms with Crippen LogP contribution in [-0.4, -0.2) is 44.6 Å². The van der Waals surface area contributed by atoms with Gasteiger partial charge in [0, 0.05) is 6.42 Å². The van der Waals surface area contributed by atoms with E-state index in [0.717, 1.165) is 0 Å². The standard InChI is InChI=1S/C13H11ClN4O3S/c14-7-3-1-2-4-8(7)17-13(22)18(16-15-17)9-5-10(19)12-20-6-11(9)21-12/h1-4,9,11-12H,5-6H2/t9-,11-,12+/m1/s1. The molecule has 0 N–H and O–H groups in total. The van der Waals surface area contributed by atoms with E-state index in [1.165, 1.54) is 9.36 Å². The average molecular weight is 339 g/mol. The van der Waals surface area contributed by atoms with E-state index in [1.807, 2.05) is 12.1 Å². The molecule has 0 unspecified atom stereocenters. The summed E-state index contributed by atoms with van der Waals surface area (Å²) in [6, 6.07) is 6.90. The van der Waals surface area contributed by atoms with Gasteiger partial charge < -0.3 is 9.47 Å².